The lowest BCUT2D eigenvalue weighted by Gasteiger charge is -2.25. The first-order valence-electron chi connectivity index (χ1n) is 5.56. The van der Waals surface area contributed by atoms with Crippen LogP contribution in [-0.4, -0.2) is 27.5 Å². The predicted octanol–water partition coefficient (Wildman–Crippen LogP) is 2.87. The molecule has 0 unspecified atom stereocenters. The Labute approximate surface area is 124 Å². The van der Waals surface area contributed by atoms with Crippen LogP contribution in [0.5, 0.6) is 0 Å². The molecule has 5 nitrogen and oxygen atoms in total. The van der Waals surface area contributed by atoms with Gasteiger partial charge in [0.15, 0.2) is 0 Å². The zero-order chi connectivity index (χ0) is 14.6. The number of hydrogen-bond acceptors (Lipinski definition) is 3. The second-order valence-corrected chi connectivity index (χ2v) is 6.00. The number of carbonyl (C=O) groups is 2. The summed E-state index contributed by atoms with van der Waals surface area (Å²) in [7, 11) is 0. The molecule has 1 rings (SSSR count). The minimum Gasteiger partial charge on any atom is -0.481 e. The number of amides is 1. The molecule has 1 heterocycles. The van der Waals surface area contributed by atoms with Crippen LogP contribution in [0.3, 0.4) is 0 Å². The SMILES string of the molecule is CC(C)(CCC(=O)O)NC(=O)c1cc(Br)cnc1Cl. The van der Waals surface area contributed by atoms with Crippen molar-refractivity contribution in [3.63, 3.8) is 0 Å². The average Bonchev–Trinajstić information content (AvgIpc) is 2.29. The van der Waals surface area contributed by atoms with E-state index in [-0.39, 0.29) is 23.0 Å². The number of nitrogens with one attached hydrogen (secondary N) is 1. The van der Waals surface area contributed by atoms with Crippen molar-refractivity contribution in [2.45, 2.75) is 32.2 Å². The minimum absolute atomic E-state index is 0.0161. The summed E-state index contributed by atoms with van der Waals surface area (Å²) >= 11 is 9.08. The first-order valence-corrected chi connectivity index (χ1v) is 6.74. The number of pyridine rings is 1. The minimum atomic E-state index is -0.899. The summed E-state index contributed by atoms with van der Waals surface area (Å²) in [6.45, 7) is 3.51. The molecule has 1 amide bonds. The smallest absolute Gasteiger partial charge is 0.303 e. The van der Waals surface area contributed by atoms with Gasteiger partial charge in [-0.3, -0.25) is 9.59 Å². The highest BCUT2D eigenvalue weighted by molar-refractivity contribution is 9.10. The molecule has 0 fully saturated rings. The largest absolute Gasteiger partial charge is 0.481 e. The third-order valence-corrected chi connectivity index (χ3v) is 3.20. The van der Waals surface area contributed by atoms with Crippen LogP contribution in [-0.2, 0) is 4.79 Å². The van der Waals surface area contributed by atoms with Gasteiger partial charge in [-0.1, -0.05) is 11.6 Å². The van der Waals surface area contributed by atoms with Gasteiger partial charge in [0, 0.05) is 22.6 Å². The van der Waals surface area contributed by atoms with Crippen LogP contribution in [0.25, 0.3) is 0 Å². The molecule has 0 spiro atoms. The molecule has 0 aliphatic heterocycles. The second-order valence-electron chi connectivity index (χ2n) is 4.72. The molecule has 1 aromatic rings. The Hall–Kier alpha value is -1.14. The van der Waals surface area contributed by atoms with Gasteiger partial charge < -0.3 is 10.4 Å². The van der Waals surface area contributed by atoms with Gasteiger partial charge in [-0.15, -0.1) is 0 Å². The number of aliphatic carboxylic acids is 1. The van der Waals surface area contributed by atoms with E-state index in [1.165, 1.54) is 6.20 Å². The summed E-state index contributed by atoms with van der Waals surface area (Å²) in [4.78, 5) is 26.5. The van der Waals surface area contributed by atoms with E-state index in [2.05, 4.69) is 26.2 Å². The molecule has 0 radical (unpaired) electrons. The number of nitrogens with zero attached hydrogens (tertiary/aromatic N) is 1. The van der Waals surface area contributed by atoms with E-state index in [0.29, 0.717) is 10.9 Å². The summed E-state index contributed by atoms with van der Waals surface area (Å²) in [5.74, 6) is -1.28. The summed E-state index contributed by atoms with van der Waals surface area (Å²) < 4.78 is 0.644. The lowest BCUT2D eigenvalue weighted by molar-refractivity contribution is -0.137. The van der Waals surface area contributed by atoms with Crippen molar-refractivity contribution in [1.29, 1.82) is 0 Å². The van der Waals surface area contributed by atoms with E-state index in [0.717, 1.165) is 0 Å². The van der Waals surface area contributed by atoms with Gasteiger partial charge in [0.1, 0.15) is 5.15 Å². The van der Waals surface area contributed by atoms with Crippen molar-refractivity contribution >= 4 is 39.4 Å². The molecule has 104 valence electrons. The van der Waals surface area contributed by atoms with Gasteiger partial charge in [-0.05, 0) is 42.3 Å². The Bertz CT molecular complexity index is 506. The standard InChI is InChI=1S/C12H14BrClN2O3/c1-12(2,4-3-9(17)18)16-11(19)8-5-7(13)6-15-10(8)14/h5-6H,3-4H2,1-2H3,(H,16,19)(H,17,18). The molecule has 2 N–H and O–H groups in total. The van der Waals surface area contributed by atoms with Gasteiger partial charge in [0.05, 0.1) is 5.56 Å². The average molecular weight is 350 g/mol. The van der Waals surface area contributed by atoms with Crippen molar-refractivity contribution in [3.8, 4) is 0 Å². The molecule has 1 aromatic heterocycles. The molecular weight excluding hydrogens is 336 g/mol. The lowest BCUT2D eigenvalue weighted by Crippen LogP contribution is -2.43. The van der Waals surface area contributed by atoms with Gasteiger partial charge in [0.2, 0.25) is 0 Å². The maximum absolute atomic E-state index is 12.1. The number of carbonyl (C=O) groups excluding carboxylic acids is 1. The number of hydrogen-bond donors (Lipinski definition) is 2. The summed E-state index contributed by atoms with van der Waals surface area (Å²) in [5.41, 5.74) is -0.388. The monoisotopic (exact) mass is 348 g/mol. The zero-order valence-corrected chi connectivity index (χ0v) is 12.9. The van der Waals surface area contributed by atoms with Crippen molar-refractivity contribution in [2.75, 3.05) is 0 Å². The lowest BCUT2D eigenvalue weighted by atomic mass is 9.98. The van der Waals surface area contributed by atoms with Crippen LogP contribution >= 0.6 is 27.5 Å². The first kappa shape index (κ1) is 15.9. The normalized spacial score (nSPS) is 11.2. The van der Waals surface area contributed by atoms with E-state index >= 15 is 0 Å². The Morgan fingerprint density at radius 2 is 2.16 bits per heavy atom. The van der Waals surface area contributed by atoms with E-state index in [1.807, 2.05) is 0 Å². The highest BCUT2D eigenvalue weighted by atomic mass is 79.9. The summed E-state index contributed by atoms with van der Waals surface area (Å²) in [5, 5.41) is 11.5. The zero-order valence-electron chi connectivity index (χ0n) is 10.5. The van der Waals surface area contributed by atoms with Crippen LogP contribution in [0.4, 0.5) is 0 Å². The van der Waals surface area contributed by atoms with Crippen molar-refractivity contribution < 1.29 is 14.7 Å². The quantitative estimate of drug-likeness (QED) is 0.801. The third kappa shape index (κ3) is 5.16. The number of halogens is 2. The molecule has 0 aliphatic carbocycles. The molecule has 0 saturated heterocycles. The van der Waals surface area contributed by atoms with Crippen molar-refractivity contribution in [3.05, 3.63) is 27.5 Å². The molecular formula is C12H14BrClN2O3. The van der Waals surface area contributed by atoms with Gasteiger partial charge >= 0.3 is 5.97 Å². The summed E-state index contributed by atoms with van der Waals surface area (Å²) in [6, 6.07) is 1.57. The Kier molecular flexibility index (Phi) is 5.31. The fourth-order valence-electron chi connectivity index (χ4n) is 1.44. The molecule has 0 saturated carbocycles. The second kappa shape index (κ2) is 6.34. The number of aromatic nitrogens is 1. The maximum atomic E-state index is 12.1. The van der Waals surface area contributed by atoms with E-state index in [9.17, 15) is 9.59 Å². The van der Waals surface area contributed by atoms with Gasteiger partial charge in [-0.2, -0.15) is 0 Å². The molecule has 0 atom stereocenters. The fraction of sp³-hybridized carbons (Fsp3) is 0.417. The predicted molar refractivity (Wildman–Crippen MR) is 75.4 cm³/mol. The Balaban J connectivity index is 2.78. The van der Waals surface area contributed by atoms with Gasteiger partial charge in [-0.25, -0.2) is 4.98 Å². The number of rotatable bonds is 5. The third-order valence-electron chi connectivity index (χ3n) is 2.47. The molecule has 0 aromatic carbocycles. The number of carboxylic acids is 1. The molecule has 0 bridgehead atoms. The van der Waals surface area contributed by atoms with E-state index in [1.54, 1.807) is 19.9 Å². The van der Waals surface area contributed by atoms with Gasteiger partial charge in [0.25, 0.3) is 5.91 Å². The topological polar surface area (TPSA) is 79.3 Å². The molecule has 19 heavy (non-hydrogen) atoms. The Morgan fingerprint density at radius 1 is 1.53 bits per heavy atom. The number of carboxylic acid groups (broad SMARTS) is 1. The summed E-state index contributed by atoms with van der Waals surface area (Å²) in [6.07, 6.45) is 1.81. The van der Waals surface area contributed by atoms with Crippen LogP contribution in [0.1, 0.15) is 37.0 Å². The molecule has 0 aliphatic rings. The highest BCUT2D eigenvalue weighted by Gasteiger charge is 2.23. The van der Waals surface area contributed by atoms with Crippen LogP contribution in [0, 0.1) is 0 Å². The van der Waals surface area contributed by atoms with E-state index < -0.39 is 11.5 Å². The van der Waals surface area contributed by atoms with Crippen molar-refractivity contribution in [1.82, 2.24) is 10.3 Å². The molecule has 7 heteroatoms. The highest BCUT2D eigenvalue weighted by Crippen LogP contribution is 2.20. The van der Waals surface area contributed by atoms with Crippen LogP contribution in [0.15, 0.2) is 16.7 Å². The van der Waals surface area contributed by atoms with E-state index in [4.69, 9.17) is 16.7 Å². The maximum Gasteiger partial charge on any atom is 0.303 e. The Morgan fingerprint density at radius 3 is 2.74 bits per heavy atom. The fourth-order valence-corrected chi connectivity index (χ4v) is 1.96. The van der Waals surface area contributed by atoms with Crippen LogP contribution in [0.2, 0.25) is 5.15 Å². The van der Waals surface area contributed by atoms with Crippen LogP contribution < -0.4 is 5.32 Å². The van der Waals surface area contributed by atoms with Crippen molar-refractivity contribution in [2.24, 2.45) is 0 Å². The first-order chi connectivity index (χ1) is 8.71.